The van der Waals surface area contributed by atoms with Crippen LogP contribution in [0.15, 0.2) is 10.7 Å². The number of likely N-dealkylation sites (tertiary alicyclic amines) is 1. The predicted octanol–water partition coefficient (Wildman–Crippen LogP) is 1.02. The van der Waals surface area contributed by atoms with Crippen LogP contribution >= 0.6 is 0 Å². The maximum Gasteiger partial charge on any atom is 0.176 e. The monoisotopic (exact) mass is 167 g/mol. The number of nitrogen functional groups attached to an aromatic ring is 1. The molecule has 1 fully saturated rings. The highest BCUT2D eigenvalue weighted by molar-refractivity contribution is 5.40. The number of hydrogen-bond acceptors (Lipinski definition) is 4. The summed E-state index contributed by atoms with van der Waals surface area (Å²) < 4.78 is 5.10. The van der Waals surface area contributed by atoms with Gasteiger partial charge in [0.2, 0.25) is 0 Å². The molecule has 1 aromatic rings. The molecule has 2 rings (SSSR count). The van der Waals surface area contributed by atoms with Crippen LogP contribution < -0.4 is 5.73 Å². The minimum Gasteiger partial charge on any atom is -0.394 e. The van der Waals surface area contributed by atoms with E-state index >= 15 is 0 Å². The fourth-order valence-electron chi connectivity index (χ4n) is 1.75. The minimum absolute atomic E-state index is 0.340. The van der Waals surface area contributed by atoms with Gasteiger partial charge in [-0.15, -0.1) is 0 Å². The molecule has 0 saturated carbocycles. The minimum atomic E-state index is 0.340. The van der Waals surface area contributed by atoms with Gasteiger partial charge in [0.15, 0.2) is 5.76 Å². The van der Waals surface area contributed by atoms with Crippen molar-refractivity contribution in [2.45, 2.75) is 18.9 Å². The molecule has 1 unspecified atom stereocenters. The predicted molar refractivity (Wildman–Crippen MR) is 45.5 cm³/mol. The lowest BCUT2D eigenvalue weighted by Gasteiger charge is -2.16. The molecule has 0 amide bonds. The molecule has 0 aliphatic carbocycles. The fraction of sp³-hybridized carbons (Fsp3) is 0.625. The van der Waals surface area contributed by atoms with Crippen LogP contribution in [0.1, 0.15) is 24.6 Å². The van der Waals surface area contributed by atoms with Crippen molar-refractivity contribution in [1.29, 1.82) is 0 Å². The number of nitrogens with zero attached hydrogens (tertiary/aromatic N) is 2. The third kappa shape index (κ3) is 1.08. The molecule has 0 radical (unpaired) electrons. The van der Waals surface area contributed by atoms with Gasteiger partial charge in [0, 0.05) is 0 Å². The smallest absolute Gasteiger partial charge is 0.176 e. The second kappa shape index (κ2) is 2.79. The van der Waals surface area contributed by atoms with E-state index in [1.54, 1.807) is 6.20 Å². The van der Waals surface area contributed by atoms with Crippen molar-refractivity contribution in [1.82, 2.24) is 10.1 Å². The Kier molecular flexibility index (Phi) is 1.77. The zero-order valence-electron chi connectivity index (χ0n) is 7.16. The highest BCUT2D eigenvalue weighted by Crippen LogP contribution is 2.33. The van der Waals surface area contributed by atoms with E-state index in [-0.39, 0.29) is 0 Å². The van der Waals surface area contributed by atoms with Gasteiger partial charge >= 0.3 is 0 Å². The van der Waals surface area contributed by atoms with Gasteiger partial charge in [-0.3, -0.25) is 4.90 Å². The van der Waals surface area contributed by atoms with E-state index in [4.69, 9.17) is 10.3 Å². The first-order valence-corrected chi connectivity index (χ1v) is 4.19. The molecule has 1 atom stereocenters. The van der Waals surface area contributed by atoms with Gasteiger partial charge < -0.3 is 10.3 Å². The van der Waals surface area contributed by atoms with Crippen molar-refractivity contribution in [2.75, 3.05) is 19.3 Å². The largest absolute Gasteiger partial charge is 0.394 e. The van der Waals surface area contributed by atoms with Crippen LogP contribution in [0, 0.1) is 0 Å². The molecule has 1 saturated heterocycles. The van der Waals surface area contributed by atoms with Crippen molar-refractivity contribution in [2.24, 2.45) is 0 Å². The Labute approximate surface area is 71.3 Å². The summed E-state index contributed by atoms with van der Waals surface area (Å²) in [6.45, 7) is 1.12. The lowest BCUT2D eigenvalue weighted by Crippen LogP contribution is -2.17. The molecule has 4 nitrogen and oxygen atoms in total. The van der Waals surface area contributed by atoms with Crippen LogP contribution in [0.5, 0.6) is 0 Å². The zero-order valence-corrected chi connectivity index (χ0v) is 7.16. The normalized spacial score (nSPS) is 24.9. The van der Waals surface area contributed by atoms with Crippen LogP contribution in [0.4, 0.5) is 5.69 Å². The standard InChI is InChI=1S/C8H13N3O/c1-11-4-2-3-7(11)8-6(9)5-10-12-8/h5,7H,2-4,9H2,1H3. The molecule has 1 aromatic heterocycles. The molecular formula is C8H13N3O. The highest BCUT2D eigenvalue weighted by atomic mass is 16.5. The molecule has 0 aromatic carbocycles. The maximum atomic E-state index is 5.70. The molecule has 0 bridgehead atoms. The number of nitrogens with two attached hydrogens (primary N) is 1. The highest BCUT2D eigenvalue weighted by Gasteiger charge is 2.27. The van der Waals surface area contributed by atoms with E-state index in [9.17, 15) is 0 Å². The van der Waals surface area contributed by atoms with Gasteiger partial charge in [-0.2, -0.15) is 0 Å². The third-order valence-corrected chi connectivity index (χ3v) is 2.45. The van der Waals surface area contributed by atoms with Gasteiger partial charge in [-0.05, 0) is 26.4 Å². The van der Waals surface area contributed by atoms with Gasteiger partial charge in [0.05, 0.1) is 17.9 Å². The zero-order chi connectivity index (χ0) is 8.55. The first-order chi connectivity index (χ1) is 5.79. The summed E-state index contributed by atoms with van der Waals surface area (Å²) in [6, 6.07) is 0.340. The number of anilines is 1. The summed E-state index contributed by atoms with van der Waals surface area (Å²) in [6.07, 6.45) is 3.90. The van der Waals surface area contributed by atoms with Crippen molar-refractivity contribution >= 4 is 5.69 Å². The summed E-state index contributed by atoms with van der Waals surface area (Å²) in [5.41, 5.74) is 6.37. The third-order valence-electron chi connectivity index (χ3n) is 2.45. The van der Waals surface area contributed by atoms with Crippen LogP contribution in [-0.4, -0.2) is 23.6 Å². The molecule has 2 heterocycles. The van der Waals surface area contributed by atoms with Crippen molar-refractivity contribution in [3.8, 4) is 0 Å². The second-order valence-corrected chi connectivity index (χ2v) is 3.28. The summed E-state index contributed by atoms with van der Waals surface area (Å²) >= 11 is 0. The van der Waals surface area contributed by atoms with Crippen LogP contribution in [0.25, 0.3) is 0 Å². The summed E-state index contributed by atoms with van der Waals surface area (Å²) in [5, 5.41) is 3.67. The van der Waals surface area contributed by atoms with Crippen LogP contribution in [0.2, 0.25) is 0 Å². The Balaban J connectivity index is 2.24. The first kappa shape index (κ1) is 7.61. The van der Waals surface area contributed by atoms with E-state index in [0.29, 0.717) is 11.7 Å². The van der Waals surface area contributed by atoms with Gasteiger partial charge in [-0.25, -0.2) is 0 Å². The molecule has 1 aliphatic rings. The fourth-order valence-corrected chi connectivity index (χ4v) is 1.75. The van der Waals surface area contributed by atoms with Gasteiger partial charge in [-0.1, -0.05) is 5.16 Å². The number of aromatic nitrogens is 1. The number of hydrogen-bond donors (Lipinski definition) is 1. The Morgan fingerprint density at radius 3 is 3.08 bits per heavy atom. The van der Waals surface area contributed by atoms with E-state index in [0.717, 1.165) is 18.7 Å². The summed E-state index contributed by atoms with van der Waals surface area (Å²) in [5.74, 6) is 0.829. The SMILES string of the molecule is CN1CCCC1c1oncc1N. The first-order valence-electron chi connectivity index (χ1n) is 4.19. The Bertz CT molecular complexity index is 271. The Morgan fingerprint density at radius 2 is 2.58 bits per heavy atom. The van der Waals surface area contributed by atoms with Crippen molar-refractivity contribution in [3.05, 3.63) is 12.0 Å². The molecule has 0 spiro atoms. The van der Waals surface area contributed by atoms with Gasteiger partial charge in [0.25, 0.3) is 0 Å². The van der Waals surface area contributed by atoms with Gasteiger partial charge in [0.1, 0.15) is 0 Å². The Morgan fingerprint density at radius 1 is 1.75 bits per heavy atom. The average Bonchev–Trinajstić information content (AvgIpc) is 2.59. The second-order valence-electron chi connectivity index (χ2n) is 3.28. The van der Waals surface area contributed by atoms with Crippen LogP contribution in [0.3, 0.4) is 0 Å². The molecule has 12 heavy (non-hydrogen) atoms. The van der Waals surface area contributed by atoms with Crippen molar-refractivity contribution in [3.63, 3.8) is 0 Å². The van der Waals surface area contributed by atoms with E-state index in [1.807, 2.05) is 0 Å². The molecule has 1 aliphatic heterocycles. The van der Waals surface area contributed by atoms with E-state index in [2.05, 4.69) is 17.1 Å². The summed E-state index contributed by atoms with van der Waals surface area (Å²) in [4.78, 5) is 2.25. The quantitative estimate of drug-likeness (QED) is 0.678. The molecule has 4 heteroatoms. The molecule has 2 N–H and O–H groups in total. The molecule has 66 valence electrons. The van der Waals surface area contributed by atoms with Crippen LogP contribution in [-0.2, 0) is 0 Å². The Hall–Kier alpha value is -1.03. The maximum absolute atomic E-state index is 5.70. The average molecular weight is 167 g/mol. The van der Waals surface area contributed by atoms with E-state index < -0.39 is 0 Å². The topological polar surface area (TPSA) is 55.3 Å². The van der Waals surface area contributed by atoms with Crippen molar-refractivity contribution < 1.29 is 4.52 Å². The summed E-state index contributed by atoms with van der Waals surface area (Å²) in [7, 11) is 2.08. The lowest BCUT2D eigenvalue weighted by molar-refractivity contribution is 0.253. The van der Waals surface area contributed by atoms with E-state index in [1.165, 1.54) is 6.42 Å². The number of rotatable bonds is 1. The molecular weight excluding hydrogens is 154 g/mol. The lowest BCUT2D eigenvalue weighted by atomic mass is 10.1.